The average Bonchev–Trinajstić information content (AvgIpc) is 3.67. The Morgan fingerprint density at radius 2 is 1.02 bits per heavy atom. The topological polar surface area (TPSA) is 34.5 Å². The molecule has 4 heteroatoms. The predicted molar refractivity (Wildman–Crippen MR) is 164 cm³/mol. The molecular weight excluding hydrogens is 492 g/mol. The van der Waals surface area contributed by atoms with Gasteiger partial charge in [-0.2, -0.15) is 0 Å². The Morgan fingerprint density at radius 1 is 0.400 bits per heavy atom. The van der Waals surface area contributed by atoms with Crippen LogP contribution in [0, 0.1) is 0 Å². The molecule has 40 heavy (non-hydrogen) atoms. The van der Waals surface area contributed by atoms with Gasteiger partial charge in [0.15, 0.2) is 0 Å². The lowest BCUT2D eigenvalue weighted by molar-refractivity contribution is 0.668. The number of benzene rings is 6. The summed E-state index contributed by atoms with van der Waals surface area (Å²) >= 11 is 0. The fraction of sp³-hybridized carbons (Fsp3) is 0. The van der Waals surface area contributed by atoms with Crippen LogP contribution in [0.15, 0.2) is 130 Å². The Labute approximate surface area is 227 Å². The largest absolute Gasteiger partial charge is 0.456 e. The van der Waals surface area contributed by atoms with Crippen LogP contribution >= 0.6 is 0 Å². The van der Waals surface area contributed by atoms with E-state index in [0.717, 1.165) is 66.6 Å². The fourth-order valence-electron chi connectivity index (χ4n) is 6.87. The third-order valence-corrected chi connectivity index (χ3v) is 8.49. The molecule has 0 aliphatic carbocycles. The number of anilines is 3. The van der Waals surface area contributed by atoms with E-state index in [0.29, 0.717) is 0 Å². The zero-order valence-electron chi connectivity index (χ0n) is 21.3. The lowest BCUT2D eigenvalue weighted by atomic mass is 10.1. The van der Waals surface area contributed by atoms with Gasteiger partial charge >= 0.3 is 0 Å². The molecule has 0 bridgehead atoms. The van der Waals surface area contributed by atoms with Gasteiger partial charge in [0.25, 0.3) is 0 Å². The monoisotopic (exact) mass is 512 g/mol. The first-order chi connectivity index (χ1) is 19.8. The summed E-state index contributed by atoms with van der Waals surface area (Å²) in [6.07, 6.45) is 0. The fourth-order valence-corrected chi connectivity index (χ4v) is 6.87. The van der Waals surface area contributed by atoms with Crippen LogP contribution in [0.2, 0.25) is 0 Å². The van der Waals surface area contributed by atoms with E-state index in [1.807, 2.05) is 18.2 Å². The quantitative estimate of drug-likeness (QED) is 0.219. The molecule has 1 aliphatic heterocycles. The number of rotatable bonds is 1. The number of hydrogen-bond donors (Lipinski definition) is 0. The molecule has 4 heterocycles. The van der Waals surface area contributed by atoms with Crippen molar-refractivity contribution in [1.29, 1.82) is 0 Å². The molecule has 0 amide bonds. The van der Waals surface area contributed by atoms with Gasteiger partial charge in [-0.05, 0) is 60.7 Å². The number of hydrogen-bond acceptors (Lipinski definition) is 3. The van der Waals surface area contributed by atoms with Gasteiger partial charge in [-0.25, -0.2) is 0 Å². The maximum atomic E-state index is 6.32. The van der Waals surface area contributed by atoms with Crippen molar-refractivity contribution in [2.75, 3.05) is 4.90 Å². The number of aromatic nitrogens is 1. The maximum Gasteiger partial charge on any atom is 0.137 e. The highest BCUT2D eigenvalue weighted by atomic mass is 16.3. The van der Waals surface area contributed by atoms with Crippen molar-refractivity contribution < 1.29 is 8.83 Å². The van der Waals surface area contributed by atoms with Crippen LogP contribution in [0.25, 0.3) is 71.4 Å². The van der Waals surface area contributed by atoms with Crippen molar-refractivity contribution in [1.82, 2.24) is 4.57 Å². The van der Waals surface area contributed by atoms with Gasteiger partial charge in [-0.1, -0.05) is 60.7 Å². The Morgan fingerprint density at radius 3 is 1.93 bits per heavy atom. The van der Waals surface area contributed by atoms with Gasteiger partial charge in [-0.3, -0.25) is 0 Å². The summed E-state index contributed by atoms with van der Waals surface area (Å²) in [5.74, 6) is 0. The summed E-state index contributed by atoms with van der Waals surface area (Å²) in [5, 5.41) is 7.00. The Bertz CT molecular complexity index is 2510. The summed E-state index contributed by atoms with van der Waals surface area (Å²) < 4.78 is 14.9. The summed E-state index contributed by atoms with van der Waals surface area (Å²) in [6, 6.07) is 42.8. The van der Waals surface area contributed by atoms with Gasteiger partial charge in [0.1, 0.15) is 22.3 Å². The van der Waals surface area contributed by atoms with Gasteiger partial charge in [-0.15, -0.1) is 0 Å². The molecule has 0 unspecified atom stereocenters. The Balaban J connectivity index is 1.37. The van der Waals surface area contributed by atoms with Crippen LogP contribution in [-0.2, 0) is 0 Å². The van der Waals surface area contributed by atoms with Crippen molar-refractivity contribution >= 4 is 82.7 Å². The van der Waals surface area contributed by atoms with E-state index >= 15 is 0 Å². The van der Waals surface area contributed by atoms with Gasteiger partial charge < -0.3 is 18.3 Å². The molecule has 0 saturated carbocycles. The summed E-state index contributed by atoms with van der Waals surface area (Å²) in [4.78, 5) is 2.39. The van der Waals surface area contributed by atoms with Crippen molar-refractivity contribution in [3.05, 3.63) is 121 Å². The van der Waals surface area contributed by atoms with Crippen LogP contribution in [0.5, 0.6) is 0 Å². The summed E-state index contributed by atoms with van der Waals surface area (Å²) in [6.45, 7) is 0. The third-order valence-electron chi connectivity index (χ3n) is 8.49. The van der Waals surface area contributed by atoms with E-state index in [1.165, 1.54) is 21.8 Å². The van der Waals surface area contributed by atoms with Gasteiger partial charge in [0.2, 0.25) is 0 Å². The zero-order valence-corrected chi connectivity index (χ0v) is 21.3. The highest BCUT2D eigenvalue weighted by Gasteiger charge is 2.30. The molecule has 0 spiro atoms. The molecule has 6 aromatic carbocycles. The van der Waals surface area contributed by atoms with E-state index in [4.69, 9.17) is 8.83 Å². The number of fused-ring (bicyclic) bond motifs is 12. The zero-order chi connectivity index (χ0) is 25.9. The van der Waals surface area contributed by atoms with Crippen LogP contribution in [-0.4, -0.2) is 4.57 Å². The van der Waals surface area contributed by atoms with Crippen molar-refractivity contribution in [3.8, 4) is 5.69 Å². The summed E-state index contributed by atoms with van der Waals surface area (Å²) in [7, 11) is 0. The van der Waals surface area contributed by atoms with Crippen molar-refractivity contribution in [3.63, 3.8) is 0 Å². The maximum absolute atomic E-state index is 6.32. The molecule has 3 aromatic heterocycles. The first-order valence-electron chi connectivity index (χ1n) is 13.5. The molecule has 4 nitrogen and oxygen atoms in total. The molecular formula is C36H20N2O2. The Hall–Kier alpha value is -5.48. The van der Waals surface area contributed by atoms with Crippen LogP contribution in [0.4, 0.5) is 17.1 Å². The number of nitrogens with zero attached hydrogens (tertiary/aromatic N) is 2. The van der Waals surface area contributed by atoms with E-state index in [9.17, 15) is 0 Å². The molecule has 0 radical (unpaired) electrons. The van der Waals surface area contributed by atoms with Crippen LogP contribution in [0.3, 0.4) is 0 Å². The first-order valence-corrected chi connectivity index (χ1v) is 13.5. The number of furan rings is 2. The molecule has 0 N–H and O–H groups in total. The van der Waals surface area contributed by atoms with E-state index in [1.54, 1.807) is 0 Å². The molecule has 0 atom stereocenters. The Kier molecular flexibility index (Phi) is 3.65. The minimum atomic E-state index is 0.900. The molecule has 10 rings (SSSR count). The molecule has 1 aliphatic rings. The average molecular weight is 513 g/mol. The molecule has 0 fully saturated rings. The lowest BCUT2D eigenvalue weighted by Crippen LogP contribution is -2.18. The van der Waals surface area contributed by atoms with Crippen LogP contribution in [0.1, 0.15) is 0 Å². The van der Waals surface area contributed by atoms with Crippen molar-refractivity contribution in [2.45, 2.75) is 0 Å². The summed E-state index contributed by atoms with van der Waals surface area (Å²) in [5.41, 5.74) is 10.6. The van der Waals surface area contributed by atoms with Crippen LogP contribution < -0.4 is 4.90 Å². The minimum absolute atomic E-state index is 0.900. The van der Waals surface area contributed by atoms with Crippen molar-refractivity contribution in [2.24, 2.45) is 0 Å². The third kappa shape index (κ3) is 2.42. The first kappa shape index (κ1) is 20.5. The predicted octanol–water partition coefficient (Wildman–Crippen LogP) is 10.4. The minimum Gasteiger partial charge on any atom is -0.456 e. The van der Waals surface area contributed by atoms with Gasteiger partial charge in [0.05, 0.1) is 33.5 Å². The standard InChI is InChI=1S/C36H20N2O2/c1-5-14-30-22(8-1)26-20-21(16-18-32(26)39-30)37-27-11-3-4-12-28(27)38-35-23(10-7-13-29(35)37)24-17-19-33-34(36(24)38)25-9-2-6-15-31(25)40-33/h1-20H. The molecule has 0 saturated heterocycles. The molecule has 9 aromatic rings. The van der Waals surface area contributed by atoms with E-state index in [-0.39, 0.29) is 0 Å². The number of para-hydroxylation sites is 5. The van der Waals surface area contributed by atoms with Gasteiger partial charge in [0, 0.05) is 32.6 Å². The smallest absolute Gasteiger partial charge is 0.137 e. The second-order valence-corrected chi connectivity index (χ2v) is 10.5. The lowest BCUT2D eigenvalue weighted by Gasteiger charge is -2.33. The second-order valence-electron chi connectivity index (χ2n) is 10.5. The second kappa shape index (κ2) is 7.13. The van der Waals surface area contributed by atoms with E-state index < -0.39 is 0 Å². The normalized spacial score (nSPS) is 12.9. The highest BCUT2D eigenvalue weighted by Crippen LogP contribution is 2.51. The van der Waals surface area contributed by atoms with E-state index in [2.05, 4.69) is 113 Å². The highest BCUT2D eigenvalue weighted by molar-refractivity contribution is 6.27. The SMILES string of the molecule is c1ccc2c(c1)N(c1ccc3oc4ccccc4c3c1)c1cccc3c4ccc5oc6ccccc6c5c4n-2c13. The molecule has 186 valence electrons.